The second-order valence-corrected chi connectivity index (χ2v) is 6.70. The highest BCUT2D eigenvalue weighted by Gasteiger charge is 2.19. The largest absolute Gasteiger partial charge is 0.375 e. The number of aromatic nitrogens is 2. The van der Waals surface area contributed by atoms with Crippen LogP contribution in [-0.2, 0) is 16.1 Å². The molecule has 5 heteroatoms. The smallest absolute Gasteiger partial charge is 0.246 e. The van der Waals surface area contributed by atoms with Crippen molar-refractivity contribution in [2.45, 2.75) is 33.4 Å². The molecule has 0 bridgehead atoms. The van der Waals surface area contributed by atoms with Crippen LogP contribution in [0.5, 0.6) is 0 Å². The number of hydrogen-bond donors (Lipinski definition) is 1. The minimum Gasteiger partial charge on any atom is -0.375 e. The summed E-state index contributed by atoms with van der Waals surface area (Å²) in [6.45, 7) is 6.94. The molecule has 0 unspecified atom stereocenters. The van der Waals surface area contributed by atoms with Crippen molar-refractivity contribution in [2.75, 3.05) is 13.7 Å². The van der Waals surface area contributed by atoms with Gasteiger partial charge in [-0.3, -0.25) is 4.79 Å². The normalized spacial score (nSPS) is 12.3. The predicted molar refractivity (Wildman–Crippen MR) is 103 cm³/mol. The molecule has 3 aromatic rings. The molecule has 1 heterocycles. The Balaban J connectivity index is 2.02. The fraction of sp³-hybridized carbons (Fsp3) is 0.333. The van der Waals surface area contributed by atoms with Gasteiger partial charge in [0.1, 0.15) is 12.4 Å². The molecule has 0 aliphatic heterocycles. The van der Waals surface area contributed by atoms with Crippen LogP contribution in [0.3, 0.4) is 0 Å². The lowest BCUT2D eigenvalue weighted by Crippen LogP contribution is -2.31. The van der Waals surface area contributed by atoms with Crippen LogP contribution in [0.1, 0.15) is 35.5 Å². The molecule has 0 saturated heterocycles. The number of carbonyl (C=O) groups excluding carboxylic acids is 1. The Hall–Kier alpha value is -2.66. The van der Waals surface area contributed by atoms with E-state index in [1.807, 2.05) is 25.1 Å². The highest BCUT2D eigenvalue weighted by Crippen LogP contribution is 2.23. The van der Waals surface area contributed by atoms with Crippen molar-refractivity contribution in [1.29, 1.82) is 0 Å². The average Bonchev–Trinajstić information content (AvgIpc) is 2.97. The van der Waals surface area contributed by atoms with Crippen LogP contribution in [-0.4, -0.2) is 29.2 Å². The Bertz CT molecular complexity index is 930. The lowest BCUT2D eigenvalue weighted by Gasteiger charge is -2.17. The number of rotatable bonds is 6. The maximum absolute atomic E-state index is 11.9. The summed E-state index contributed by atoms with van der Waals surface area (Å²) in [6, 6.07) is 14.3. The molecule has 136 valence electrons. The number of amides is 1. The van der Waals surface area contributed by atoms with E-state index in [1.165, 1.54) is 23.8 Å². The van der Waals surface area contributed by atoms with Crippen molar-refractivity contribution < 1.29 is 9.53 Å². The van der Waals surface area contributed by atoms with E-state index in [0.29, 0.717) is 6.54 Å². The van der Waals surface area contributed by atoms with Crippen LogP contribution in [0.2, 0.25) is 0 Å². The van der Waals surface area contributed by atoms with Crippen molar-refractivity contribution in [3.63, 3.8) is 0 Å². The van der Waals surface area contributed by atoms with E-state index in [0.717, 1.165) is 16.9 Å². The van der Waals surface area contributed by atoms with Crippen molar-refractivity contribution in [3.8, 4) is 0 Å². The molecule has 0 aliphatic rings. The fourth-order valence-corrected chi connectivity index (χ4v) is 3.21. The third-order valence-corrected chi connectivity index (χ3v) is 4.56. The number of fused-ring (bicyclic) bond motifs is 1. The first-order chi connectivity index (χ1) is 12.5. The second kappa shape index (κ2) is 7.70. The van der Waals surface area contributed by atoms with Gasteiger partial charge in [0.05, 0.1) is 17.1 Å². The van der Waals surface area contributed by atoms with Gasteiger partial charge in [-0.15, -0.1) is 0 Å². The topological polar surface area (TPSA) is 56.1 Å². The van der Waals surface area contributed by atoms with E-state index < -0.39 is 0 Å². The second-order valence-electron chi connectivity index (χ2n) is 6.70. The zero-order valence-electron chi connectivity index (χ0n) is 15.7. The molecule has 3 rings (SSSR count). The van der Waals surface area contributed by atoms with Gasteiger partial charge in [0.15, 0.2) is 0 Å². The maximum atomic E-state index is 11.9. The number of hydrogen-bond acceptors (Lipinski definition) is 3. The summed E-state index contributed by atoms with van der Waals surface area (Å²) in [4.78, 5) is 16.7. The molecule has 0 aliphatic carbocycles. The van der Waals surface area contributed by atoms with Gasteiger partial charge in [0.25, 0.3) is 0 Å². The molecular formula is C21H25N3O2. The Kier molecular flexibility index (Phi) is 5.38. The Morgan fingerprint density at radius 3 is 2.77 bits per heavy atom. The molecule has 26 heavy (non-hydrogen) atoms. The van der Waals surface area contributed by atoms with Gasteiger partial charge >= 0.3 is 0 Å². The minimum absolute atomic E-state index is 0.0432. The molecule has 0 saturated carbocycles. The van der Waals surface area contributed by atoms with Crippen molar-refractivity contribution in [3.05, 3.63) is 65.0 Å². The maximum Gasteiger partial charge on any atom is 0.246 e. The number of ether oxygens (including phenoxy) is 1. The molecular weight excluding hydrogens is 326 g/mol. The number of methoxy groups -OCH3 is 1. The molecule has 0 radical (unpaired) electrons. The number of nitrogens with zero attached hydrogens (tertiary/aromatic N) is 2. The van der Waals surface area contributed by atoms with E-state index in [1.54, 1.807) is 0 Å². The number of nitrogens with one attached hydrogen (secondary N) is 1. The number of benzene rings is 2. The van der Waals surface area contributed by atoms with E-state index in [-0.39, 0.29) is 18.6 Å². The van der Waals surface area contributed by atoms with Gasteiger partial charge in [0, 0.05) is 13.7 Å². The van der Waals surface area contributed by atoms with Gasteiger partial charge in [-0.1, -0.05) is 35.9 Å². The molecule has 5 nitrogen and oxygen atoms in total. The van der Waals surface area contributed by atoms with E-state index >= 15 is 0 Å². The van der Waals surface area contributed by atoms with E-state index in [9.17, 15) is 4.79 Å². The molecule has 0 fully saturated rings. The standard InChI is InChI=1S/C21H25N3O2/c1-14-9-10-15(2)17(11-14)12-24-19-8-6-5-7-18(19)23-21(24)16(3)22-20(25)13-26-4/h5-11,16H,12-13H2,1-4H3,(H,22,25)/t16-/m0/s1. The summed E-state index contributed by atoms with van der Waals surface area (Å²) in [5.41, 5.74) is 5.73. The quantitative estimate of drug-likeness (QED) is 0.739. The summed E-state index contributed by atoms with van der Waals surface area (Å²) in [7, 11) is 1.51. The zero-order chi connectivity index (χ0) is 18.7. The number of aryl methyl sites for hydroxylation is 2. The van der Waals surface area contributed by atoms with Gasteiger partial charge < -0.3 is 14.6 Å². The predicted octanol–water partition coefficient (Wildman–Crippen LogP) is 3.53. The van der Waals surface area contributed by atoms with Crippen LogP contribution >= 0.6 is 0 Å². The Labute approximate surface area is 154 Å². The van der Waals surface area contributed by atoms with Crippen LogP contribution in [0, 0.1) is 13.8 Å². The first kappa shape index (κ1) is 18.1. The van der Waals surface area contributed by atoms with Gasteiger partial charge in [0.2, 0.25) is 5.91 Å². The van der Waals surface area contributed by atoms with Crippen LogP contribution in [0.4, 0.5) is 0 Å². The zero-order valence-corrected chi connectivity index (χ0v) is 15.7. The summed E-state index contributed by atoms with van der Waals surface area (Å²) in [6.07, 6.45) is 0. The lowest BCUT2D eigenvalue weighted by atomic mass is 10.1. The van der Waals surface area contributed by atoms with E-state index in [2.05, 4.69) is 48.0 Å². The van der Waals surface area contributed by atoms with Gasteiger partial charge in [-0.2, -0.15) is 0 Å². The first-order valence-corrected chi connectivity index (χ1v) is 8.79. The Morgan fingerprint density at radius 2 is 2.00 bits per heavy atom. The number of carbonyl (C=O) groups is 1. The summed E-state index contributed by atoms with van der Waals surface area (Å²) in [5.74, 6) is 0.696. The lowest BCUT2D eigenvalue weighted by molar-refractivity contribution is -0.125. The summed E-state index contributed by atoms with van der Waals surface area (Å²) >= 11 is 0. The van der Waals surface area contributed by atoms with Gasteiger partial charge in [-0.25, -0.2) is 4.98 Å². The number of para-hydroxylation sites is 2. The molecule has 1 N–H and O–H groups in total. The SMILES string of the molecule is COCC(=O)N[C@@H](C)c1nc2ccccc2n1Cc1cc(C)ccc1C. The molecule has 2 aromatic carbocycles. The molecule has 1 amide bonds. The highest BCUT2D eigenvalue weighted by molar-refractivity contribution is 5.78. The van der Waals surface area contributed by atoms with Crippen LogP contribution in [0.25, 0.3) is 11.0 Å². The van der Waals surface area contributed by atoms with Gasteiger partial charge in [-0.05, 0) is 44.0 Å². The minimum atomic E-state index is -0.213. The van der Waals surface area contributed by atoms with Crippen LogP contribution in [0.15, 0.2) is 42.5 Å². The monoisotopic (exact) mass is 351 g/mol. The molecule has 1 aromatic heterocycles. The first-order valence-electron chi connectivity index (χ1n) is 8.79. The Morgan fingerprint density at radius 1 is 1.23 bits per heavy atom. The average molecular weight is 351 g/mol. The number of imidazole rings is 1. The molecule has 1 atom stereocenters. The van der Waals surface area contributed by atoms with E-state index in [4.69, 9.17) is 9.72 Å². The van der Waals surface area contributed by atoms with Crippen molar-refractivity contribution >= 4 is 16.9 Å². The van der Waals surface area contributed by atoms with Crippen LogP contribution < -0.4 is 5.32 Å². The van der Waals surface area contributed by atoms with Crippen molar-refractivity contribution in [2.24, 2.45) is 0 Å². The summed E-state index contributed by atoms with van der Waals surface area (Å²) in [5, 5.41) is 2.96. The third kappa shape index (κ3) is 3.78. The highest BCUT2D eigenvalue weighted by atomic mass is 16.5. The third-order valence-electron chi connectivity index (χ3n) is 4.56. The summed E-state index contributed by atoms with van der Waals surface area (Å²) < 4.78 is 7.10. The fourth-order valence-electron chi connectivity index (χ4n) is 3.21. The molecule has 0 spiro atoms. The van der Waals surface area contributed by atoms with Crippen molar-refractivity contribution in [1.82, 2.24) is 14.9 Å².